The first-order valence-corrected chi connectivity index (χ1v) is 5.92. The Morgan fingerprint density at radius 2 is 2.12 bits per heavy atom. The monoisotopic (exact) mass is 228 g/mol. The van der Waals surface area contributed by atoms with Crippen LogP contribution in [0.5, 0.6) is 0 Å². The Morgan fingerprint density at radius 1 is 1.47 bits per heavy atom. The molecular formula is C14H16N2O. The first kappa shape index (κ1) is 11.7. The number of hydrogen-bond donors (Lipinski definition) is 1. The Balaban J connectivity index is 1.87. The largest absolute Gasteiger partial charge is 0.354 e. The van der Waals surface area contributed by atoms with E-state index in [0.29, 0.717) is 19.4 Å². The Morgan fingerprint density at radius 3 is 2.65 bits per heavy atom. The first-order chi connectivity index (χ1) is 8.18. The van der Waals surface area contributed by atoms with Crippen LogP contribution in [0.4, 0.5) is 0 Å². The summed E-state index contributed by atoms with van der Waals surface area (Å²) >= 11 is 0. The summed E-state index contributed by atoms with van der Waals surface area (Å²) in [6, 6.07) is 12.2. The highest BCUT2D eigenvalue weighted by Gasteiger charge is 2.50. The molecular weight excluding hydrogens is 212 g/mol. The van der Waals surface area contributed by atoms with Crippen molar-refractivity contribution in [3.05, 3.63) is 35.9 Å². The van der Waals surface area contributed by atoms with Crippen molar-refractivity contribution in [2.24, 2.45) is 5.41 Å². The summed E-state index contributed by atoms with van der Waals surface area (Å²) in [5.74, 6) is 0.164. The fourth-order valence-electron chi connectivity index (χ4n) is 1.83. The third-order valence-corrected chi connectivity index (χ3v) is 3.34. The molecule has 1 aromatic rings. The van der Waals surface area contributed by atoms with E-state index in [9.17, 15) is 4.79 Å². The molecule has 17 heavy (non-hydrogen) atoms. The van der Waals surface area contributed by atoms with Crippen LogP contribution in [0, 0.1) is 16.7 Å². The third-order valence-electron chi connectivity index (χ3n) is 3.34. The molecule has 88 valence electrons. The molecule has 1 aliphatic rings. The van der Waals surface area contributed by atoms with Gasteiger partial charge in [0.2, 0.25) is 5.91 Å². The van der Waals surface area contributed by atoms with Crippen molar-refractivity contribution < 1.29 is 4.79 Å². The number of hydrogen-bond acceptors (Lipinski definition) is 2. The van der Waals surface area contributed by atoms with E-state index in [1.54, 1.807) is 0 Å². The maximum Gasteiger partial charge on any atom is 0.240 e. The fraction of sp³-hybridized carbons (Fsp3) is 0.429. The number of carbonyl (C=O) groups is 1. The van der Waals surface area contributed by atoms with Crippen molar-refractivity contribution in [2.45, 2.75) is 25.7 Å². The lowest BCUT2D eigenvalue weighted by Gasteiger charge is -2.14. The van der Waals surface area contributed by atoms with Gasteiger partial charge in [0.15, 0.2) is 0 Å². The van der Waals surface area contributed by atoms with Crippen LogP contribution in [-0.2, 0) is 4.79 Å². The van der Waals surface area contributed by atoms with Crippen molar-refractivity contribution in [3.8, 4) is 6.07 Å². The minimum Gasteiger partial charge on any atom is -0.354 e. The van der Waals surface area contributed by atoms with Crippen molar-refractivity contribution in [2.75, 3.05) is 6.54 Å². The number of nitrogens with zero attached hydrogens (tertiary/aromatic N) is 1. The van der Waals surface area contributed by atoms with Crippen LogP contribution in [-0.4, -0.2) is 12.5 Å². The third kappa shape index (κ3) is 2.47. The highest BCUT2D eigenvalue weighted by atomic mass is 16.2. The quantitative estimate of drug-likeness (QED) is 0.859. The summed E-state index contributed by atoms with van der Waals surface area (Å²) in [6.07, 6.45) is 1.41. The molecule has 0 aromatic heterocycles. The number of rotatable bonds is 4. The van der Waals surface area contributed by atoms with Crippen LogP contribution in [0.1, 0.15) is 31.2 Å². The smallest absolute Gasteiger partial charge is 0.240 e. The molecule has 0 aliphatic heterocycles. The minimum atomic E-state index is -0.712. The van der Waals surface area contributed by atoms with E-state index < -0.39 is 5.41 Å². The molecule has 0 bridgehead atoms. The number of carbonyl (C=O) groups excluding carboxylic acids is 1. The zero-order chi connectivity index (χ0) is 12.3. The maximum atomic E-state index is 11.8. The molecule has 1 aliphatic carbocycles. The van der Waals surface area contributed by atoms with E-state index in [4.69, 9.17) is 5.26 Å². The van der Waals surface area contributed by atoms with E-state index in [1.165, 1.54) is 5.56 Å². The van der Waals surface area contributed by atoms with E-state index >= 15 is 0 Å². The molecule has 1 aromatic carbocycles. The van der Waals surface area contributed by atoms with Crippen molar-refractivity contribution in [3.63, 3.8) is 0 Å². The molecule has 1 N–H and O–H groups in total. The molecule has 2 rings (SSSR count). The fourth-order valence-corrected chi connectivity index (χ4v) is 1.83. The Kier molecular flexibility index (Phi) is 3.14. The molecule has 1 saturated carbocycles. The van der Waals surface area contributed by atoms with Gasteiger partial charge in [-0.25, -0.2) is 0 Å². The second kappa shape index (κ2) is 4.58. The maximum absolute atomic E-state index is 11.8. The van der Waals surface area contributed by atoms with Crippen LogP contribution in [0.3, 0.4) is 0 Å². The van der Waals surface area contributed by atoms with Gasteiger partial charge in [0.05, 0.1) is 6.07 Å². The van der Waals surface area contributed by atoms with Gasteiger partial charge in [-0.2, -0.15) is 5.26 Å². The van der Waals surface area contributed by atoms with Gasteiger partial charge >= 0.3 is 0 Å². The van der Waals surface area contributed by atoms with Crippen LogP contribution < -0.4 is 5.32 Å². The molecule has 1 atom stereocenters. The predicted molar refractivity (Wildman–Crippen MR) is 65.1 cm³/mol. The van der Waals surface area contributed by atoms with Crippen LogP contribution in [0.2, 0.25) is 0 Å². The number of nitriles is 1. The topological polar surface area (TPSA) is 52.9 Å². The molecule has 3 nitrogen and oxygen atoms in total. The Bertz CT molecular complexity index is 443. The second-order valence-corrected chi connectivity index (χ2v) is 4.72. The summed E-state index contributed by atoms with van der Waals surface area (Å²) < 4.78 is 0. The molecule has 0 spiro atoms. The van der Waals surface area contributed by atoms with Crippen molar-refractivity contribution in [1.29, 1.82) is 5.26 Å². The SMILES string of the molecule is CC(CNC(=O)C1(C#N)CC1)c1ccccc1. The molecule has 1 unspecified atom stereocenters. The van der Waals surface area contributed by atoms with E-state index in [1.807, 2.05) is 30.3 Å². The van der Waals surface area contributed by atoms with Gasteiger partial charge < -0.3 is 5.32 Å². The minimum absolute atomic E-state index is 0.109. The summed E-state index contributed by atoms with van der Waals surface area (Å²) in [6.45, 7) is 2.66. The zero-order valence-corrected chi connectivity index (χ0v) is 9.94. The van der Waals surface area contributed by atoms with E-state index in [-0.39, 0.29) is 11.8 Å². The molecule has 0 heterocycles. The Hall–Kier alpha value is -1.82. The summed E-state index contributed by atoms with van der Waals surface area (Å²) in [5.41, 5.74) is 0.491. The van der Waals surface area contributed by atoms with Gasteiger partial charge in [-0.05, 0) is 24.3 Å². The lowest BCUT2D eigenvalue weighted by atomic mass is 10.0. The van der Waals surface area contributed by atoms with Crippen LogP contribution in [0.25, 0.3) is 0 Å². The first-order valence-electron chi connectivity index (χ1n) is 5.92. The standard InChI is InChI=1S/C14H16N2O/c1-11(12-5-3-2-4-6-12)9-16-13(17)14(10-15)7-8-14/h2-6,11H,7-9H2,1H3,(H,16,17). The predicted octanol–water partition coefficient (Wildman–Crippen LogP) is 2.21. The summed E-state index contributed by atoms with van der Waals surface area (Å²) in [5, 5.41) is 11.8. The van der Waals surface area contributed by atoms with Crippen LogP contribution in [0.15, 0.2) is 30.3 Å². The molecule has 1 amide bonds. The lowest BCUT2D eigenvalue weighted by Crippen LogP contribution is -2.33. The highest BCUT2D eigenvalue weighted by molar-refractivity contribution is 5.88. The number of benzene rings is 1. The normalized spacial score (nSPS) is 17.9. The average molecular weight is 228 g/mol. The van der Waals surface area contributed by atoms with Crippen molar-refractivity contribution in [1.82, 2.24) is 5.32 Å². The number of nitrogens with one attached hydrogen (secondary N) is 1. The summed E-state index contributed by atoms with van der Waals surface area (Å²) in [7, 11) is 0. The van der Waals surface area contributed by atoms with E-state index in [0.717, 1.165) is 0 Å². The molecule has 1 fully saturated rings. The van der Waals surface area contributed by atoms with Crippen LogP contribution >= 0.6 is 0 Å². The molecule has 0 radical (unpaired) electrons. The molecule has 0 saturated heterocycles. The average Bonchev–Trinajstić information content (AvgIpc) is 3.17. The zero-order valence-electron chi connectivity index (χ0n) is 9.94. The van der Waals surface area contributed by atoms with Gasteiger partial charge in [-0.3, -0.25) is 4.79 Å². The Labute approximate surface area is 101 Å². The lowest BCUT2D eigenvalue weighted by molar-refractivity contribution is -0.124. The second-order valence-electron chi connectivity index (χ2n) is 4.72. The summed E-state index contributed by atoms with van der Waals surface area (Å²) in [4.78, 5) is 11.8. The van der Waals surface area contributed by atoms with E-state index in [2.05, 4.69) is 18.3 Å². The van der Waals surface area contributed by atoms with Crippen molar-refractivity contribution >= 4 is 5.91 Å². The molecule has 3 heteroatoms. The van der Waals surface area contributed by atoms with Gasteiger partial charge in [0.1, 0.15) is 5.41 Å². The highest BCUT2D eigenvalue weighted by Crippen LogP contribution is 2.45. The van der Waals surface area contributed by atoms with Gasteiger partial charge in [0.25, 0.3) is 0 Å². The van der Waals surface area contributed by atoms with Gasteiger partial charge in [0, 0.05) is 6.54 Å². The number of amides is 1. The van der Waals surface area contributed by atoms with Gasteiger partial charge in [-0.15, -0.1) is 0 Å². The van der Waals surface area contributed by atoms with Gasteiger partial charge in [-0.1, -0.05) is 37.3 Å².